The summed E-state index contributed by atoms with van der Waals surface area (Å²) in [7, 11) is -3.71. The quantitative estimate of drug-likeness (QED) is 0.320. The van der Waals surface area contributed by atoms with E-state index < -0.39 is 33.7 Å². The molecule has 3 aromatic carbocycles. The van der Waals surface area contributed by atoms with Crippen molar-refractivity contribution in [2.45, 2.75) is 13.0 Å². The highest BCUT2D eigenvalue weighted by atomic mass is 32.2. The summed E-state index contributed by atoms with van der Waals surface area (Å²) >= 11 is 0. The lowest BCUT2D eigenvalue weighted by Crippen LogP contribution is -2.46. The monoisotopic (exact) mass is 512 g/mol. The first-order chi connectivity index (χ1) is 17.1. The van der Waals surface area contributed by atoms with E-state index in [2.05, 4.69) is 15.8 Å². The highest BCUT2D eigenvalue weighted by Gasteiger charge is 2.28. The van der Waals surface area contributed by atoms with Crippen molar-refractivity contribution < 1.29 is 27.1 Å². The molecule has 1 atom stereocenters. The van der Waals surface area contributed by atoms with Gasteiger partial charge < -0.3 is 10.1 Å². The maximum Gasteiger partial charge on any atom is 0.263 e. The molecule has 3 rings (SSSR count). The second-order valence-corrected chi connectivity index (χ2v) is 9.58. The van der Waals surface area contributed by atoms with E-state index in [1.807, 2.05) is 0 Å². The number of nitrogens with one attached hydrogen (secondary N) is 2. The number of sulfonamides is 1. The Balaban J connectivity index is 1.51. The summed E-state index contributed by atoms with van der Waals surface area (Å²) in [5.74, 6) is -0.967. The molecule has 0 bridgehead atoms. The Bertz CT molecular complexity index is 1310. The van der Waals surface area contributed by atoms with E-state index in [0.29, 0.717) is 22.7 Å². The first-order valence-corrected chi connectivity index (χ1v) is 12.6. The second kappa shape index (κ2) is 11.9. The summed E-state index contributed by atoms with van der Waals surface area (Å²) in [5, 5.41) is 6.49. The van der Waals surface area contributed by atoms with Gasteiger partial charge in [0.2, 0.25) is 10.0 Å². The molecule has 0 aliphatic rings. The fraction of sp³-hybridized carbons (Fsp3) is 0.160. The zero-order chi connectivity index (χ0) is 26.1. The smallest absolute Gasteiger partial charge is 0.263 e. The van der Waals surface area contributed by atoms with Crippen LogP contribution in [0.1, 0.15) is 12.5 Å². The van der Waals surface area contributed by atoms with Crippen molar-refractivity contribution in [2.24, 2.45) is 5.10 Å². The maximum absolute atomic E-state index is 12.9. The number of hydrogen-bond acceptors (Lipinski definition) is 6. The maximum atomic E-state index is 12.9. The molecule has 0 radical (unpaired) electrons. The van der Waals surface area contributed by atoms with E-state index in [0.717, 1.165) is 10.6 Å². The normalized spacial score (nSPS) is 12.1. The molecule has 2 amide bonds. The first kappa shape index (κ1) is 26.4. The molecule has 0 heterocycles. The predicted octanol–water partition coefficient (Wildman–Crippen LogP) is 3.15. The minimum Gasteiger partial charge on any atom is -0.484 e. The summed E-state index contributed by atoms with van der Waals surface area (Å²) in [6, 6.07) is 19.2. The molecule has 11 heteroatoms. The van der Waals surface area contributed by atoms with Crippen molar-refractivity contribution in [3.63, 3.8) is 0 Å². The van der Waals surface area contributed by atoms with Crippen molar-refractivity contribution in [2.75, 3.05) is 22.5 Å². The van der Waals surface area contributed by atoms with Crippen molar-refractivity contribution in [3.05, 3.63) is 90.2 Å². The van der Waals surface area contributed by atoms with E-state index in [1.54, 1.807) is 54.6 Å². The number of carbonyl (C=O) groups is 2. The Kier molecular flexibility index (Phi) is 8.74. The predicted molar refractivity (Wildman–Crippen MR) is 136 cm³/mol. The van der Waals surface area contributed by atoms with Gasteiger partial charge in [-0.3, -0.25) is 13.9 Å². The lowest BCUT2D eigenvalue weighted by atomic mass is 10.2. The van der Waals surface area contributed by atoms with Gasteiger partial charge in [0.25, 0.3) is 11.8 Å². The van der Waals surface area contributed by atoms with Crippen LogP contribution in [0.4, 0.5) is 15.8 Å². The van der Waals surface area contributed by atoms with Gasteiger partial charge in [-0.15, -0.1) is 0 Å². The van der Waals surface area contributed by atoms with Crippen LogP contribution in [-0.2, 0) is 19.6 Å². The molecule has 0 fully saturated rings. The number of benzene rings is 3. The zero-order valence-corrected chi connectivity index (χ0v) is 20.4. The van der Waals surface area contributed by atoms with Gasteiger partial charge in [-0.1, -0.05) is 18.2 Å². The second-order valence-electron chi connectivity index (χ2n) is 7.72. The number of nitrogens with zero attached hydrogens (tertiary/aromatic N) is 2. The van der Waals surface area contributed by atoms with Crippen LogP contribution < -0.4 is 19.8 Å². The van der Waals surface area contributed by atoms with E-state index >= 15 is 0 Å². The van der Waals surface area contributed by atoms with Crippen LogP contribution >= 0.6 is 0 Å². The summed E-state index contributed by atoms with van der Waals surface area (Å²) < 4.78 is 43.9. The average molecular weight is 513 g/mol. The summed E-state index contributed by atoms with van der Waals surface area (Å²) in [4.78, 5) is 24.5. The number of hydrazone groups is 1. The zero-order valence-electron chi connectivity index (χ0n) is 19.6. The van der Waals surface area contributed by atoms with Crippen LogP contribution in [0.25, 0.3) is 0 Å². The largest absolute Gasteiger partial charge is 0.484 e. The van der Waals surface area contributed by atoms with Crippen molar-refractivity contribution in [1.82, 2.24) is 5.43 Å². The number of ether oxygens (including phenoxy) is 1. The molecule has 3 aromatic rings. The number of anilines is 2. The summed E-state index contributed by atoms with van der Waals surface area (Å²) in [6.45, 7) is 1.23. The molecule has 9 nitrogen and oxygen atoms in total. The first-order valence-electron chi connectivity index (χ1n) is 10.8. The number of halogens is 1. The number of hydrogen-bond donors (Lipinski definition) is 2. The van der Waals surface area contributed by atoms with Crippen LogP contribution in [0.3, 0.4) is 0 Å². The minimum absolute atomic E-state index is 0.239. The SMILES string of the molecule is CC(C(=O)NN=Cc1ccc(OCC(=O)Nc2ccc(F)cc2)cc1)N(c1ccccc1)S(C)(=O)=O. The lowest BCUT2D eigenvalue weighted by molar-refractivity contribution is -0.121. The molecule has 0 aromatic heterocycles. The van der Waals surface area contributed by atoms with Gasteiger partial charge in [-0.05, 0) is 73.2 Å². The third-order valence-corrected chi connectivity index (χ3v) is 6.11. The van der Waals surface area contributed by atoms with Gasteiger partial charge in [0, 0.05) is 5.69 Å². The Morgan fingerprint density at radius 3 is 2.28 bits per heavy atom. The van der Waals surface area contributed by atoms with Crippen LogP contribution in [0.15, 0.2) is 84.0 Å². The Labute approximate surface area is 208 Å². The number of amides is 2. The molecular weight excluding hydrogens is 487 g/mol. The topological polar surface area (TPSA) is 117 Å². The molecule has 188 valence electrons. The van der Waals surface area contributed by atoms with Gasteiger partial charge in [0.05, 0.1) is 18.2 Å². The van der Waals surface area contributed by atoms with E-state index in [4.69, 9.17) is 4.74 Å². The lowest BCUT2D eigenvalue weighted by Gasteiger charge is -2.27. The fourth-order valence-electron chi connectivity index (χ4n) is 3.18. The molecule has 0 saturated carbocycles. The third-order valence-electron chi connectivity index (χ3n) is 4.87. The molecule has 36 heavy (non-hydrogen) atoms. The molecule has 0 aliphatic heterocycles. The van der Waals surface area contributed by atoms with E-state index in [9.17, 15) is 22.4 Å². The molecule has 2 N–H and O–H groups in total. The van der Waals surface area contributed by atoms with Crippen LogP contribution in [0.2, 0.25) is 0 Å². The highest BCUT2D eigenvalue weighted by Crippen LogP contribution is 2.20. The number of para-hydroxylation sites is 1. The van der Waals surface area contributed by atoms with Crippen LogP contribution in [0.5, 0.6) is 5.75 Å². The Hall–Kier alpha value is -4.25. The Morgan fingerprint density at radius 2 is 1.67 bits per heavy atom. The standard InChI is InChI=1S/C25H25FN4O5S/c1-18(30(36(2,33)34)22-6-4-3-5-7-22)25(32)29-27-16-19-8-14-23(15-9-19)35-17-24(31)28-21-12-10-20(26)11-13-21/h3-16,18H,17H2,1-2H3,(H,28,31)(H,29,32). The van der Waals surface area contributed by atoms with E-state index in [1.165, 1.54) is 37.4 Å². The van der Waals surface area contributed by atoms with Gasteiger partial charge in [0.1, 0.15) is 17.6 Å². The molecule has 0 spiro atoms. The van der Waals surface area contributed by atoms with Crippen molar-refractivity contribution >= 4 is 39.4 Å². The summed E-state index contributed by atoms with van der Waals surface area (Å²) in [6.07, 6.45) is 2.42. The Morgan fingerprint density at radius 1 is 1.03 bits per heavy atom. The molecule has 0 aliphatic carbocycles. The van der Waals surface area contributed by atoms with E-state index in [-0.39, 0.29) is 6.61 Å². The molecular formula is C25H25FN4O5S. The molecule has 0 saturated heterocycles. The highest BCUT2D eigenvalue weighted by molar-refractivity contribution is 7.92. The van der Waals surface area contributed by atoms with Gasteiger partial charge >= 0.3 is 0 Å². The summed E-state index contributed by atoms with van der Waals surface area (Å²) in [5.41, 5.74) is 3.81. The molecule has 1 unspecified atom stereocenters. The van der Waals surface area contributed by atoms with Crippen LogP contribution in [0, 0.1) is 5.82 Å². The van der Waals surface area contributed by atoms with Gasteiger partial charge in [-0.2, -0.15) is 5.10 Å². The minimum atomic E-state index is -3.71. The van der Waals surface area contributed by atoms with Gasteiger partial charge in [0.15, 0.2) is 6.61 Å². The van der Waals surface area contributed by atoms with Crippen LogP contribution in [-0.4, -0.2) is 45.4 Å². The fourth-order valence-corrected chi connectivity index (χ4v) is 4.35. The van der Waals surface area contributed by atoms with Crippen molar-refractivity contribution in [3.8, 4) is 5.75 Å². The number of rotatable bonds is 10. The average Bonchev–Trinajstić information content (AvgIpc) is 2.85. The number of carbonyl (C=O) groups excluding carboxylic acids is 2. The van der Waals surface area contributed by atoms with Gasteiger partial charge in [-0.25, -0.2) is 18.2 Å². The third kappa shape index (κ3) is 7.64. The van der Waals surface area contributed by atoms with Crippen molar-refractivity contribution in [1.29, 1.82) is 0 Å².